The predicted octanol–water partition coefficient (Wildman–Crippen LogP) is 1.81. The summed E-state index contributed by atoms with van der Waals surface area (Å²) < 4.78 is 0. The van der Waals surface area contributed by atoms with Crippen LogP contribution in [0.1, 0.15) is 51.6 Å². The molecule has 2 aliphatic rings. The van der Waals surface area contributed by atoms with Crippen LogP contribution in [-0.4, -0.2) is 41.1 Å². The molecule has 0 aromatic heterocycles. The zero-order chi connectivity index (χ0) is 22.0. The topological polar surface area (TPSA) is 108 Å². The van der Waals surface area contributed by atoms with E-state index >= 15 is 0 Å². The number of hydrogen-bond donors (Lipinski definition) is 3. The summed E-state index contributed by atoms with van der Waals surface area (Å²) in [6, 6.07) is 12.2. The third-order valence-corrected chi connectivity index (χ3v) is 5.57. The molecule has 0 bridgehead atoms. The Morgan fingerprint density at radius 2 is 1.77 bits per heavy atom. The van der Waals surface area contributed by atoms with Gasteiger partial charge in [0.05, 0.1) is 11.1 Å². The Labute approximate surface area is 180 Å². The second-order valence-corrected chi connectivity index (χ2v) is 7.62. The lowest BCUT2D eigenvalue weighted by molar-refractivity contribution is -0.136. The Kier molecular flexibility index (Phi) is 5.81. The van der Waals surface area contributed by atoms with Gasteiger partial charge in [0.15, 0.2) is 0 Å². The van der Waals surface area contributed by atoms with Gasteiger partial charge >= 0.3 is 0 Å². The molecule has 0 spiro atoms. The van der Waals surface area contributed by atoms with E-state index in [0.29, 0.717) is 17.7 Å². The Morgan fingerprint density at radius 3 is 2.48 bits per heavy atom. The Hall–Kier alpha value is -3.52. The summed E-state index contributed by atoms with van der Waals surface area (Å²) in [6.45, 7) is 4.12. The number of nitrogens with one attached hydrogen (secondary N) is 3. The van der Waals surface area contributed by atoms with E-state index in [2.05, 4.69) is 22.9 Å². The molecule has 2 aromatic rings. The smallest absolute Gasteiger partial charge is 0.262 e. The molecule has 0 aliphatic carbocycles. The predicted molar refractivity (Wildman–Crippen MR) is 114 cm³/mol. The third-order valence-electron chi connectivity index (χ3n) is 5.57. The lowest BCUT2D eigenvalue weighted by Crippen LogP contribution is -2.54. The van der Waals surface area contributed by atoms with Gasteiger partial charge in [-0.05, 0) is 42.3 Å². The van der Waals surface area contributed by atoms with Crippen LogP contribution < -0.4 is 16.0 Å². The van der Waals surface area contributed by atoms with Gasteiger partial charge in [0.25, 0.3) is 11.8 Å². The van der Waals surface area contributed by atoms with Gasteiger partial charge < -0.3 is 10.6 Å². The van der Waals surface area contributed by atoms with E-state index in [9.17, 15) is 19.2 Å². The maximum absolute atomic E-state index is 13.1. The summed E-state index contributed by atoms with van der Waals surface area (Å²) in [5, 5.41) is 8.78. The normalized spacial score (nSPS) is 18.2. The monoisotopic (exact) mass is 420 g/mol. The molecule has 3 N–H and O–H groups in total. The Bertz CT molecular complexity index is 1050. The quantitative estimate of drug-likeness (QED) is 0.590. The van der Waals surface area contributed by atoms with Crippen molar-refractivity contribution >= 4 is 29.3 Å². The summed E-state index contributed by atoms with van der Waals surface area (Å²) >= 11 is 0. The molecule has 0 saturated carbocycles. The number of amides is 4. The zero-order valence-electron chi connectivity index (χ0n) is 17.2. The van der Waals surface area contributed by atoms with Crippen molar-refractivity contribution in [2.24, 2.45) is 0 Å². The molecule has 4 amide bonds. The number of piperidine rings is 1. The number of anilines is 1. The lowest BCUT2D eigenvalue weighted by Gasteiger charge is -2.27. The van der Waals surface area contributed by atoms with Crippen LogP contribution in [0.3, 0.4) is 0 Å². The molecule has 2 aliphatic heterocycles. The van der Waals surface area contributed by atoms with Crippen LogP contribution in [-0.2, 0) is 22.7 Å². The fourth-order valence-corrected chi connectivity index (χ4v) is 3.94. The first-order valence-electron chi connectivity index (χ1n) is 10.4. The SMILES string of the molecule is CCNCc1ccc(NCc2cccc3c2C(=O)N(C2CCC(=O)NC2=O)C3=O)cc1. The molecule has 2 heterocycles. The van der Waals surface area contributed by atoms with Gasteiger partial charge in [-0.2, -0.15) is 0 Å². The summed E-state index contributed by atoms with van der Waals surface area (Å²) in [5.41, 5.74) is 3.36. The largest absolute Gasteiger partial charge is 0.381 e. The number of imide groups is 2. The van der Waals surface area contributed by atoms with Crippen molar-refractivity contribution in [3.63, 3.8) is 0 Å². The molecule has 8 heteroatoms. The van der Waals surface area contributed by atoms with Crippen molar-refractivity contribution in [1.29, 1.82) is 0 Å². The van der Waals surface area contributed by atoms with Gasteiger partial charge in [-0.1, -0.05) is 31.2 Å². The van der Waals surface area contributed by atoms with Crippen LogP contribution in [0.2, 0.25) is 0 Å². The highest BCUT2D eigenvalue weighted by Crippen LogP contribution is 2.30. The van der Waals surface area contributed by atoms with E-state index < -0.39 is 23.8 Å². The van der Waals surface area contributed by atoms with Crippen LogP contribution in [0.25, 0.3) is 0 Å². The van der Waals surface area contributed by atoms with E-state index in [4.69, 9.17) is 0 Å². The molecule has 1 fully saturated rings. The molecule has 4 rings (SSSR count). The standard InChI is InChI=1S/C23H24N4O4/c1-2-24-12-14-6-8-16(9-7-14)25-13-15-4-3-5-17-20(15)23(31)27(22(17)30)18-10-11-19(28)26-21(18)29/h3-9,18,24-25H,2,10-13H2,1H3,(H,26,28,29). The first-order chi connectivity index (χ1) is 15.0. The number of hydrogen-bond acceptors (Lipinski definition) is 6. The van der Waals surface area contributed by atoms with Crippen LogP contribution in [0.4, 0.5) is 5.69 Å². The number of carbonyl (C=O) groups excluding carboxylic acids is 4. The van der Waals surface area contributed by atoms with Crippen molar-refractivity contribution in [1.82, 2.24) is 15.5 Å². The van der Waals surface area contributed by atoms with E-state index in [1.807, 2.05) is 24.3 Å². The van der Waals surface area contributed by atoms with Crippen LogP contribution in [0.5, 0.6) is 0 Å². The second kappa shape index (κ2) is 8.69. The van der Waals surface area contributed by atoms with E-state index in [1.165, 1.54) is 5.56 Å². The number of fused-ring (bicyclic) bond motifs is 1. The van der Waals surface area contributed by atoms with E-state index in [0.717, 1.165) is 23.7 Å². The molecular weight excluding hydrogens is 396 g/mol. The first-order valence-corrected chi connectivity index (χ1v) is 10.4. The Balaban J connectivity index is 1.51. The summed E-state index contributed by atoms with van der Waals surface area (Å²) in [6.07, 6.45) is 0.241. The highest BCUT2D eigenvalue weighted by atomic mass is 16.2. The summed E-state index contributed by atoms with van der Waals surface area (Å²) in [7, 11) is 0. The molecule has 1 unspecified atom stereocenters. The minimum atomic E-state index is -0.963. The molecule has 31 heavy (non-hydrogen) atoms. The van der Waals surface area contributed by atoms with Gasteiger partial charge in [0, 0.05) is 25.2 Å². The summed E-state index contributed by atoms with van der Waals surface area (Å²) in [4.78, 5) is 50.7. The molecule has 160 valence electrons. The van der Waals surface area contributed by atoms with Gasteiger partial charge in [-0.25, -0.2) is 0 Å². The average Bonchev–Trinajstić information content (AvgIpc) is 3.02. The van der Waals surface area contributed by atoms with Crippen LogP contribution in [0, 0.1) is 0 Å². The van der Waals surface area contributed by atoms with Crippen molar-refractivity contribution in [2.45, 2.75) is 38.9 Å². The first kappa shape index (κ1) is 20.7. The van der Waals surface area contributed by atoms with Crippen molar-refractivity contribution in [3.05, 3.63) is 64.7 Å². The number of rotatable bonds is 7. The van der Waals surface area contributed by atoms with Gasteiger partial charge in [-0.3, -0.25) is 29.4 Å². The van der Waals surface area contributed by atoms with Crippen molar-refractivity contribution in [2.75, 3.05) is 11.9 Å². The fraction of sp³-hybridized carbons (Fsp3) is 0.304. The maximum atomic E-state index is 13.1. The third kappa shape index (κ3) is 4.06. The second-order valence-electron chi connectivity index (χ2n) is 7.62. The fourth-order valence-electron chi connectivity index (χ4n) is 3.94. The van der Waals surface area contributed by atoms with Crippen LogP contribution in [0.15, 0.2) is 42.5 Å². The average molecular weight is 420 g/mol. The molecule has 2 aromatic carbocycles. The Morgan fingerprint density at radius 1 is 1.00 bits per heavy atom. The zero-order valence-corrected chi connectivity index (χ0v) is 17.2. The number of nitrogens with zero attached hydrogens (tertiary/aromatic N) is 1. The van der Waals surface area contributed by atoms with E-state index in [-0.39, 0.29) is 24.3 Å². The van der Waals surface area contributed by atoms with Gasteiger partial charge in [0.2, 0.25) is 11.8 Å². The van der Waals surface area contributed by atoms with Crippen molar-refractivity contribution < 1.29 is 19.2 Å². The molecular formula is C23H24N4O4. The maximum Gasteiger partial charge on any atom is 0.262 e. The van der Waals surface area contributed by atoms with Crippen molar-refractivity contribution in [3.8, 4) is 0 Å². The highest BCUT2D eigenvalue weighted by molar-refractivity contribution is 6.24. The highest BCUT2D eigenvalue weighted by Gasteiger charge is 2.45. The minimum Gasteiger partial charge on any atom is -0.381 e. The lowest BCUT2D eigenvalue weighted by atomic mass is 10.0. The van der Waals surface area contributed by atoms with Crippen LogP contribution >= 0.6 is 0 Å². The minimum absolute atomic E-state index is 0.0992. The van der Waals surface area contributed by atoms with E-state index in [1.54, 1.807) is 18.2 Å². The molecule has 0 radical (unpaired) electrons. The molecule has 1 saturated heterocycles. The molecule has 1 atom stereocenters. The summed E-state index contributed by atoms with van der Waals surface area (Å²) in [5.74, 6) is -1.99. The number of benzene rings is 2. The van der Waals surface area contributed by atoms with Gasteiger partial charge in [0.1, 0.15) is 6.04 Å². The van der Waals surface area contributed by atoms with Gasteiger partial charge in [-0.15, -0.1) is 0 Å². The number of carbonyl (C=O) groups is 4. The molecule has 8 nitrogen and oxygen atoms in total.